The third kappa shape index (κ3) is 2.94. The highest BCUT2D eigenvalue weighted by Gasteiger charge is 2.14. The summed E-state index contributed by atoms with van der Waals surface area (Å²) in [7, 11) is 0. The van der Waals surface area contributed by atoms with Crippen molar-refractivity contribution in [2.45, 2.75) is 25.9 Å². The topological polar surface area (TPSA) is 55.8 Å². The van der Waals surface area contributed by atoms with Crippen LogP contribution in [0.25, 0.3) is 0 Å². The van der Waals surface area contributed by atoms with Gasteiger partial charge in [0.25, 0.3) is 0 Å². The molecule has 0 aromatic heterocycles. The minimum Gasteiger partial charge on any atom is -0.481 e. The second-order valence-electron chi connectivity index (χ2n) is 3.91. The van der Waals surface area contributed by atoms with E-state index in [0.29, 0.717) is 36.3 Å². The summed E-state index contributed by atoms with van der Waals surface area (Å²) in [6.45, 7) is 0.523. The molecular weight excluding hydrogens is 227 g/mol. The third-order valence-corrected chi connectivity index (χ3v) is 2.62. The zero-order valence-corrected chi connectivity index (χ0v) is 9.24. The first kappa shape index (κ1) is 11.9. The van der Waals surface area contributed by atoms with E-state index in [2.05, 4.69) is 0 Å². The number of benzene rings is 1. The van der Waals surface area contributed by atoms with Crippen LogP contribution in [0.2, 0.25) is 0 Å². The smallest absolute Gasteiger partial charge is 0.303 e. The van der Waals surface area contributed by atoms with E-state index < -0.39 is 5.97 Å². The first-order valence-electron chi connectivity index (χ1n) is 5.40. The molecule has 1 aliphatic heterocycles. The minimum atomic E-state index is -0.868. The summed E-state index contributed by atoms with van der Waals surface area (Å²) in [5, 5.41) is 8.52. The number of aliphatic carboxylic acids is 1. The Morgan fingerprint density at radius 3 is 3.06 bits per heavy atom. The fourth-order valence-corrected chi connectivity index (χ4v) is 1.76. The van der Waals surface area contributed by atoms with Crippen LogP contribution < -0.4 is 4.74 Å². The van der Waals surface area contributed by atoms with Crippen LogP contribution in [0.5, 0.6) is 5.75 Å². The maximum absolute atomic E-state index is 13.6. The molecule has 17 heavy (non-hydrogen) atoms. The summed E-state index contributed by atoms with van der Waals surface area (Å²) >= 11 is 0. The van der Waals surface area contributed by atoms with Crippen LogP contribution in [-0.4, -0.2) is 17.9 Å². The molecule has 5 heteroatoms. The number of aryl methyl sites for hydroxylation is 1. The Kier molecular flexibility index (Phi) is 3.58. The number of fused-ring (bicyclic) bond motifs is 1. The summed E-state index contributed by atoms with van der Waals surface area (Å²) in [4.78, 5) is 10.4. The van der Waals surface area contributed by atoms with Gasteiger partial charge in [-0.2, -0.15) is 0 Å². The number of carboxylic acid groups (broad SMARTS) is 1. The van der Waals surface area contributed by atoms with E-state index in [-0.39, 0.29) is 19.0 Å². The van der Waals surface area contributed by atoms with Crippen molar-refractivity contribution in [2.24, 2.45) is 0 Å². The van der Waals surface area contributed by atoms with Gasteiger partial charge in [-0.25, -0.2) is 4.39 Å². The van der Waals surface area contributed by atoms with Gasteiger partial charge in [-0.1, -0.05) is 0 Å². The fraction of sp³-hybridized carbons (Fsp3) is 0.417. The zero-order valence-electron chi connectivity index (χ0n) is 9.24. The Hall–Kier alpha value is -1.62. The van der Waals surface area contributed by atoms with Crippen molar-refractivity contribution >= 4 is 5.97 Å². The highest BCUT2D eigenvalue weighted by Crippen LogP contribution is 2.27. The molecule has 2 rings (SSSR count). The Balaban J connectivity index is 2.09. The molecule has 1 aliphatic rings. The molecule has 0 radical (unpaired) electrons. The summed E-state index contributed by atoms with van der Waals surface area (Å²) in [6, 6.07) is 3.03. The summed E-state index contributed by atoms with van der Waals surface area (Å²) in [6.07, 6.45) is 0.859. The normalized spacial score (nSPS) is 13.9. The van der Waals surface area contributed by atoms with Crippen molar-refractivity contribution in [2.75, 3.05) is 6.79 Å². The number of ether oxygens (including phenoxy) is 2. The van der Waals surface area contributed by atoms with Crippen molar-refractivity contribution in [1.82, 2.24) is 0 Å². The van der Waals surface area contributed by atoms with E-state index in [4.69, 9.17) is 14.6 Å². The molecule has 0 atom stereocenters. The Bertz CT molecular complexity index is 431. The number of hydrogen-bond donors (Lipinski definition) is 1. The highest BCUT2D eigenvalue weighted by atomic mass is 19.1. The maximum Gasteiger partial charge on any atom is 0.303 e. The van der Waals surface area contributed by atoms with Crippen LogP contribution in [0.3, 0.4) is 0 Å². The molecular formula is C12H13FO4. The van der Waals surface area contributed by atoms with Crippen molar-refractivity contribution in [3.8, 4) is 5.75 Å². The Morgan fingerprint density at radius 2 is 2.29 bits per heavy atom. The molecule has 0 spiro atoms. The third-order valence-electron chi connectivity index (χ3n) is 2.62. The lowest BCUT2D eigenvalue weighted by molar-refractivity contribution is -0.137. The van der Waals surface area contributed by atoms with Gasteiger partial charge in [0.2, 0.25) is 0 Å². The number of hydrogen-bond acceptors (Lipinski definition) is 3. The monoisotopic (exact) mass is 240 g/mol. The second-order valence-corrected chi connectivity index (χ2v) is 3.91. The SMILES string of the molecule is O=C(O)CCCc1cc2c(cc1F)COCO2. The molecule has 0 bridgehead atoms. The van der Waals surface area contributed by atoms with Gasteiger partial charge in [0, 0.05) is 12.0 Å². The van der Waals surface area contributed by atoms with Gasteiger partial charge in [0.05, 0.1) is 6.61 Å². The first-order valence-corrected chi connectivity index (χ1v) is 5.40. The largest absolute Gasteiger partial charge is 0.481 e. The number of rotatable bonds is 4. The standard InChI is InChI=1S/C12H13FO4/c13-10-4-9-6-16-7-17-11(9)5-8(10)2-1-3-12(14)15/h4-5H,1-3,6-7H2,(H,14,15). The molecule has 1 aromatic rings. The predicted molar refractivity (Wildman–Crippen MR) is 57.3 cm³/mol. The van der Waals surface area contributed by atoms with Gasteiger partial charge in [-0.05, 0) is 30.5 Å². The summed E-state index contributed by atoms with van der Waals surface area (Å²) in [5.41, 5.74) is 1.18. The van der Waals surface area contributed by atoms with Crippen LogP contribution >= 0.6 is 0 Å². The van der Waals surface area contributed by atoms with E-state index >= 15 is 0 Å². The van der Waals surface area contributed by atoms with Crippen molar-refractivity contribution in [3.63, 3.8) is 0 Å². The molecule has 0 amide bonds. The van der Waals surface area contributed by atoms with Gasteiger partial charge >= 0.3 is 5.97 Å². The molecule has 1 heterocycles. The van der Waals surface area contributed by atoms with Crippen LogP contribution in [0.15, 0.2) is 12.1 Å². The lowest BCUT2D eigenvalue weighted by Gasteiger charge is -2.18. The molecule has 0 fully saturated rings. The van der Waals surface area contributed by atoms with E-state index in [0.717, 1.165) is 0 Å². The second kappa shape index (κ2) is 5.14. The molecule has 92 valence electrons. The number of carbonyl (C=O) groups is 1. The molecule has 0 unspecified atom stereocenters. The van der Waals surface area contributed by atoms with Gasteiger partial charge in [-0.15, -0.1) is 0 Å². The average molecular weight is 240 g/mol. The van der Waals surface area contributed by atoms with Gasteiger partial charge in [-0.3, -0.25) is 4.79 Å². The fourth-order valence-electron chi connectivity index (χ4n) is 1.76. The van der Waals surface area contributed by atoms with Crippen molar-refractivity contribution in [1.29, 1.82) is 0 Å². The summed E-state index contributed by atoms with van der Waals surface area (Å²) in [5.74, 6) is -0.570. The molecule has 1 aromatic carbocycles. The molecule has 0 saturated heterocycles. The van der Waals surface area contributed by atoms with Gasteiger partial charge in [0.1, 0.15) is 11.6 Å². The summed E-state index contributed by atoms with van der Waals surface area (Å²) < 4.78 is 23.9. The van der Waals surface area contributed by atoms with Crippen LogP contribution in [-0.2, 0) is 22.6 Å². The van der Waals surface area contributed by atoms with Gasteiger partial charge in [0.15, 0.2) is 6.79 Å². The molecule has 1 N–H and O–H groups in total. The Labute approximate surface area is 98.0 Å². The average Bonchev–Trinajstić information content (AvgIpc) is 2.29. The van der Waals surface area contributed by atoms with Crippen molar-refractivity contribution < 1.29 is 23.8 Å². The maximum atomic E-state index is 13.6. The molecule has 0 saturated carbocycles. The number of carboxylic acids is 1. The first-order chi connectivity index (χ1) is 8.16. The van der Waals surface area contributed by atoms with E-state index in [9.17, 15) is 9.18 Å². The molecule has 4 nitrogen and oxygen atoms in total. The quantitative estimate of drug-likeness (QED) is 0.875. The van der Waals surface area contributed by atoms with E-state index in [1.807, 2.05) is 0 Å². The van der Waals surface area contributed by atoms with E-state index in [1.165, 1.54) is 6.07 Å². The van der Waals surface area contributed by atoms with Crippen LogP contribution in [0.4, 0.5) is 4.39 Å². The Morgan fingerprint density at radius 1 is 1.47 bits per heavy atom. The zero-order chi connectivity index (χ0) is 12.3. The number of halogens is 1. The lowest BCUT2D eigenvalue weighted by atomic mass is 10.0. The molecule has 0 aliphatic carbocycles. The predicted octanol–water partition coefficient (Wildman–Crippen LogP) is 2.10. The van der Waals surface area contributed by atoms with Crippen LogP contribution in [0, 0.1) is 5.82 Å². The van der Waals surface area contributed by atoms with E-state index in [1.54, 1.807) is 6.07 Å². The highest BCUT2D eigenvalue weighted by molar-refractivity contribution is 5.66. The minimum absolute atomic E-state index is 0.0422. The van der Waals surface area contributed by atoms with Crippen LogP contribution in [0.1, 0.15) is 24.0 Å². The van der Waals surface area contributed by atoms with Gasteiger partial charge < -0.3 is 14.6 Å². The lowest BCUT2D eigenvalue weighted by Crippen LogP contribution is -2.12. The van der Waals surface area contributed by atoms with Crippen molar-refractivity contribution in [3.05, 3.63) is 29.1 Å².